The number of nitriles is 1. The first kappa shape index (κ1) is 20.0. The van der Waals surface area contributed by atoms with Crippen molar-refractivity contribution < 1.29 is 4.74 Å². The molecule has 3 aromatic rings. The first-order valence-corrected chi connectivity index (χ1v) is 9.82. The summed E-state index contributed by atoms with van der Waals surface area (Å²) in [6.45, 7) is 2.12. The summed E-state index contributed by atoms with van der Waals surface area (Å²) in [5.41, 5.74) is 8.06. The maximum atomic E-state index is 13.6. The van der Waals surface area contributed by atoms with E-state index in [1.54, 1.807) is 54.2 Å². The molecule has 3 heterocycles. The number of benzene rings is 1. The number of rotatable bonds is 3. The number of aryl methyl sites for hydroxylation is 1. The van der Waals surface area contributed by atoms with E-state index in [4.69, 9.17) is 33.7 Å². The predicted molar refractivity (Wildman–Crippen MR) is 115 cm³/mol. The summed E-state index contributed by atoms with van der Waals surface area (Å²) in [6, 6.07) is 12.5. The molecule has 0 fully saturated rings. The van der Waals surface area contributed by atoms with E-state index in [2.05, 4.69) is 11.1 Å². The third kappa shape index (κ3) is 3.32. The minimum atomic E-state index is -0.840. The average Bonchev–Trinajstić information content (AvgIpc) is 2.71. The summed E-state index contributed by atoms with van der Waals surface area (Å²) in [7, 11) is 0. The van der Waals surface area contributed by atoms with Crippen LogP contribution in [0.2, 0.25) is 10.0 Å². The average molecular weight is 439 g/mol. The van der Waals surface area contributed by atoms with E-state index in [9.17, 15) is 10.1 Å². The summed E-state index contributed by atoms with van der Waals surface area (Å²) in [6.07, 6.45) is 3.37. The van der Waals surface area contributed by atoms with Gasteiger partial charge in [-0.1, -0.05) is 35.3 Å². The number of nitrogens with two attached hydrogens (primary N) is 1. The van der Waals surface area contributed by atoms with Gasteiger partial charge in [-0.2, -0.15) is 5.26 Å². The molecule has 0 radical (unpaired) electrons. The van der Waals surface area contributed by atoms with Crippen molar-refractivity contribution in [3.63, 3.8) is 0 Å². The molecule has 30 heavy (non-hydrogen) atoms. The minimum absolute atomic E-state index is 0.0743. The molecule has 4 rings (SSSR count). The lowest BCUT2D eigenvalue weighted by atomic mass is 9.84. The van der Waals surface area contributed by atoms with Crippen LogP contribution in [0.3, 0.4) is 0 Å². The summed E-state index contributed by atoms with van der Waals surface area (Å²) in [4.78, 5) is 17.7. The molecule has 0 spiro atoms. The zero-order valence-corrected chi connectivity index (χ0v) is 17.4. The van der Waals surface area contributed by atoms with Crippen molar-refractivity contribution in [2.24, 2.45) is 5.73 Å². The van der Waals surface area contributed by atoms with Gasteiger partial charge < -0.3 is 15.0 Å². The molecule has 150 valence electrons. The van der Waals surface area contributed by atoms with Gasteiger partial charge in [0.2, 0.25) is 5.88 Å². The third-order valence-electron chi connectivity index (χ3n) is 5.04. The second kappa shape index (κ2) is 7.86. The van der Waals surface area contributed by atoms with Crippen LogP contribution >= 0.6 is 23.2 Å². The molecular weight excluding hydrogens is 423 g/mol. The molecule has 0 saturated heterocycles. The first-order chi connectivity index (χ1) is 14.4. The molecule has 2 aromatic heterocycles. The number of aromatic nitrogens is 2. The highest BCUT2D eigenvalue weighted by Crippen LogP contribution is 2.45. The van der Waals surface area contributed by atoms with Gasteiger partial charge in [-0.3, -0.25) is 9.78 Å². The molecule has 8 heteroatoms. The molecule has 0 aliphatic carbocycles. The number of hydrogen-bond donors (Lipinski definition) is 1. The van der Waals surface area contributed by atoms with E-state index < -0.39 is 5.92 Å². The van der Waals surface area contributed by atoms with E-state index >= 15 is 0 Å². The van der Waals surface area contributed by atoms with Gasteiger partial charge in [0.15, 0.2) is 0 Å². The van der Waals surface area contributed by atoms with Gasteiger partial charge in [0, 0.05) is 39.8 Å². The molecule has 0 unspecified atom stereocenters. The SMILES string of the molecule is Cc1cc2c(c(=O)n1Cc1cccnc1)[C@@H](c1c(Cl)cccc1Cl)C(C#N)=C(N)O2. The number of pyridine rings is 2. The Labute approximate surface area is 182 Å². The van der Waals surface area contributed by atoms with Gasteiger partial charge in [-0.05, 0) is 30.7 Å². The highest BCUT2D eigenvalue weighted by molar-refractivity contribution is 6.36. The van der Waals surface area contributed by atoms with Crippen molar-refractivity contribution in [3.8, 4) is 11.8 Å². The largest absolute Gasteiger partial charge is 0.440 e. The summed E-state index contributed by atoms with van der Waals surface area (Å²) in [5, 5.41) is 10.4. The molecule has 0 bridgehead atoms. The molecule has 1 aliphatic rings. The predicted octanol–water partition coefficient (Wildman–Crippen LogP) is 4.13. The Bertz CT molecular complexity index is 1260. The van der Waals surface area contributed by atoms with E-state index in [-0.39, 0.29) is 28.3 Å². The molecule has 2 N–H and O–H groups in total. The Balaban J connectivity index is 1.99. The lowest BCUT2D eigenvalue weighted by Crippen LogP contribution is -2.33. The molecule has 0 amide bonds. The number of halogens is 2. The monoisotopic (exact) mass is 438 g/mol. The van der Waals surface area contributed by atoms with Crippen LogP contribution in [0, 0.1) is 18.3 Å². The fourth-order valence-electron chi connectivity index (χ4n) is 3.63. The van der Waals surface area contributed by atoms with E-state index in [0.717, 1.165) is 5.56 Å². The number of ether oxygens (including phenoxy) is 1. The number of hydrogen-bond acceptors (Lipinski definition) is 5. The summed E-state index contributed by atoms with van der Waals surface area (Å²) in [5.74, 6) is -0.625. The van der Waals surface area contributed by atoms with Crippen LogP contribution in [0.5, 0.6) is 5.75 Å². The number of fused-ring (bicyclic) bond motifs is 1. The number of nitrogens with zero attached hydrogens (tertiary/aromatic N) is 3. The molecule has 1 atom stereocenters. The van der Waals surface area contributed by atoms with Crippen molar-refractivity contribution in [3.05, 3.63) is 103 Å². The van der Waals surface area contributed by atoms with E-state index in [0.29, 0.717) is 27.8 Å². The van der Waals surface area contributed by atoms with Gasteiger partial charge in [0.25, 0.3) is 5.56 Å². The van der Waals surface area contributed by atoms with Crippen LogP contribution < -0.4 is 16.0 Å². The molecule has 1 aliphatic heterocycles. The Morgan fingerprint density at radius 1 is 1.23 bits per heavy atom. The van der Waals surface area contributed by atoms with Gasteiger partial charge in [0.1, 0.15) is 17.4 Å². The minimum Gasteiger partial charge on any atom is -0.440 e. The Hall–Kier alpha value is -3.27. The highest BCUT2D eigenvalue weighted by Gasteiger charge is 2.36. The summed E-state index contributed by atoms with van der Waals surface area (Å²) >= 11 is 12.9. The molecule has 0 saturated carbocycles. The summed E-state index contributed by atoms with van der Waals surface area (Å²) < 4.78 is 7.26. The third-order valence-corrected chi connectivity index (χ3v) is 5.70. The van der Waals surface area contributed by atoms with Crippen LogP contribution in [0.4, 0.5) is 0 Å². The van der Waals surface area contributed by atoms with E-state index in [1.807, 2.05) is 6.07 Å². The highest BCUT2D eigenvalue weighted by atomic mass is 35.5. The van der Waals surface area contributed by atoms with Crippen LogP contribution in [0.25, 0.3) is 0 Å². The quantitative estimate of drug-likeness (QED) is 0.663. The van der Waals surface area contributed by atoms with E-state index in [1.165, 1.54) is 0 Å². The molecule has 1 aromatic carbocycles. The van der Waals surface area contributed by atoms with Gasteiger partial charge in [-0.15, -0.1) is 0 Å². The standard InChI is InChI=1S/C22H16Cl2N4O2/c1-12-8-17-20(22(29)28(12)11-13-4-3-7-27-10-13)18(14(9-25)21(26)30-17)19-15(23)5-2-6-16(19)24/h2-8,10,18H,11,26H2,1H3/t18-/m1/s1. The second-order valence-electron chi connectivity index (χ2n) is 6.88. The first-order valence-electron chi connectivity index (χ1n) is 9.07. The van der Waals surface area contributed by atoms with Crippen LogP contribution in [0.1, 0.15) is 28.3 Å². The zero-order chi connectivity index (χ0) is 21.4. The smallest absolute Gasteiger partial charge is 0.259 e. The number of allylic oxidation sites excluding steroid dienone is 1. The van der Waals surface area contributed by atoms with Crippen LogP contribution in [-0.2, 0) is 6.54 Å². The lowest BCUT2D eigenvalue weighted by Gasteiger charge is -2.28. The van der Waals surface area contributed by atoms with Gasteiger partial charge in [-0.25, -0.2) is 0 Å². The fourth-order valence-corrected chi connectivity index (χ4v) is 4.25. The maximum absolute atomic E-state index is 13.6. The van der Waals surface area contributed by atoms with Crippen molar-refractivity contribution >= 4 is 23.2 Å². The van der Waals surface area contributed by atoms with Crippen molar-refractivity contribution in [1.29, 1.82) is 5.26 Å². The van der Waals surface area contributed by atoms with Crippen LogP contribution in [0.15, 0.2) is 65.0 Å². The lowest BCUT2D eigenvalue weighted by molar-refractivity contribution is 0.389. The maximum Gasteiger partial charge on any atom is 0.259 e. The molecular formula is C22H16Cl2N4O2. The van der Waals surface area contributed by atoms with Crippen LogP contribution in [-0.4, -0.2) is 9.55 Å². The normalized spacial score (nSPS) is 15.3. The van der Waals surface area contributed by atoms with Crippen molar-refractivity contribution in [1.82, 2.24) is 9.55 Å². The Morgan fingerprint density at radius 3 is 2.60 bits per heavy atom. The molecule has 6 nitrogen and oxygen atoms in total. The second-order valence-corrected chi connectivity index (χ2v) is 7.69. The van der Waals surface area contributed by atoms with Gasteiger partial charge in [0.05, 0.1) is 18.0 Å². The Morgan fingerprint density at radius 2 is 1.97 bits per heavy atom. The Kier molecular flexibility index (Phi) is 5.25. The fraction of sp³-hybridized carbons (Fsp3) is 0.136. The zero-order valence-electron chi connectivity index (χ0n) is 15.9. The van der Waals surface area contributed by atoms with Gasteiger partial charge >= 0.3 is 0 Å². The van der Waals surface area contributed by atoms with Crippen molar-refractivity contribution in [2.75, 3.05) is 0 Å². The van der Waals surface area contributed by atoms with Crippen molar-refractivity contribution in [2.45, 2.75) is 19.4 Å². The topological polar surface area (TPSA) is 93.9 Å².